The van der Waals surface area contributed by atoms with E-state index in [0.29, 0.717) is 6.04 Å². The predicted molar refractivity (Wildman–Crippen MR) is 79.3 cm³/mol. The minimum atomic E-state index is 0.525. The van der Waals surface area contributed by atoms with Gasteiger partial charge in [0.15, 0.2) is 0 Å². The monoisotopic (exact) mass is 283 g/mol. The first-order valence-corrected chi connectivity index (χ1v) is 8.44. The quantitative estimate of drug-likeness (QED) is 0.812. The van der Waals surface area contributed by atoms with Gasteiger partial charge in [-0.1, -0.05) is 24.9 Å². The van der Waals surface area contributed by atoms with Crippen LogP contribution in [0.5, 0.6) is 0 Å². The molecule has 2 aliphatic rings. The number of nitrogens with one attached hydrogen (secondary N) is 1. The molecule has 1 aromatic heterocycles. The average Bonchev–Trinajstić information content (AvgIpc) is 3.04. The molecule has 0 amide bonds. The topological polar surface area (TPSA) is 12.0 Å². The highest BCUT2D eigenvalue weighted by atomic mass is 35.5. The summed E-state index contributed by atoms with van der Waals surface area (Å²) in [6, 6.07) is 4.76. The minimum Gasteiger partial charge on any atom is -0.310 e. The van der Waals surface area contributed by atoms with Crippen LogP contribution in [0.15, 0.2) is 12.1 Å². The van der Waals surface area contributed by atoms with E-state index in [1.165, 1.54) is 37.0 Å². The van der Waals surface area contributed by atoms with Crippen LogP contribution in [0, 0.1) is 17.8 Å². The normalized spacial score (nSPS) is 32.0. The van der Waals surface area contributed by atoms with Crippen molar-refractivity contribution in [3.05, 3.63) is 21.3 Å². The molecule has 0 aliphatic heterocycles. The van der Waals surface area contributed by atoms with Gasteiger partial charge in [0.1, 0.15) is 0 Å². The van der Waals surface area contributed by atoms with Gasteiger partial charge in [0, 0.05) is 10.9 Å². The van der Waals surface area contributed by atoms with Gasteiger partial charge >= 0.3 is 0 Å². The van der Waals surface area contributed by atoms with E-state index in [9.17, 15) is 0 Å². The zero-order chi connectivity index (χ0) is 12.5. The smallest absolute Gasteiger partial charge is 0.0931 e. The van der Waals surface area contributed by atoms with Gasteiger partial charge in [0.25, 0.3) is 0 Å². The lowest BCUT2D eigenvalue weighted by atomic mass is 9.84. The molecule has 2 bridgehead atoms. The average molecular weight is 284 g/mol. The predicted octanol–water partition coefficient (Wildman–Crippen LogP) is 4.88. The van der Waals surface area contributed by atoms with Crippen molar-refractivity contribution < 1.29 is 0 Å². The van der Waals surface area contributed by atoms with Crippen molar-refractivity contribution in [3.63, 3.8) is 0 Å². The van der Waals surface area contributed by atoms with Crippen LogP contribution in [0.2, 0.25) is 4.34 Å². The third-order valence-electron chi connectivity index (χ3n) is 4.81. The van der Waals surface area contributed by atoms with Crippen LogP contribution < -0.4 is 5.32 Å². The standard InChI is InChI=1S/C15H22ClNS/c1-2-17-13(14-5-6-15(16)18-14)9-12-8-10-3-4-11(12)7-10/h5-6,10-13,17H,2-4,7-9H2,1H3. The van der Waals surface area contributed by atoms with Crippen molar-refractivity contribution in [2.24, 2.45) is 17.8 Å². The van der Waals surface area contributed by atoms with E-state index < -0.39 is 0 Å². The Labute approximate surface area is 119 Å². The van der Waals surface area contributed by atoms with Gasteiger partial charge in [-0.25, -0.2) is 0 Å². The van der Waals surface area contributed by atoms with E-state index in [2.05, 4.69) is 18.3 Å². The Kier molecular flexibility index (Phi) is 3.97. The van der Waals surface area contributed by atoms with Crippen LogP contribution >= 0.6 is 22.9 Å². The van der Waals surface area contributed by atoms with E-state index in [1.54, 1.807) is 11.3 Å². The van der Waals surface area contributed by atoms with Crippen molar-refractivity contribution in [2.45, 2.75) is 45.1 Å². The Morgan fingerprint density at radius 2 is 2.28 bits per heavy atom. The maximum atomic E-state index is 6.08. The lowest BCUT2D eigenvalue weighted by Gasteiger charge is -2.26. The van der Waals surface area contributed by atoms with E-state index in [-0.39, 0.29) is 0 Å². The molecule has 0 aromatic carbocycles. The van der Waals surface area contributed by atoms with Gasteiger partial charge in [0.05, 0.1) is 4.34 Å². The first kappa shape index (κ1) is 13.0. The fourth-order valence-electron chi connectivity index (χ4n) is 4.03. The van der Waals surface area contributed by atoms with Crippen LogP contribution in [-0.4, -0.2) is 6.54 Å². The number of halogens is 1. The van der Waals surface area contributed by atoms with E-state index in [4.69, 9.17) is 11.6 Å². The fraction of sp³-hybridized carbons (Fsp3) is 0.733. The summed E-state index contributed by atoms with van der Waals surface area (Å²) in [5, 5.41) is 3.65. The molecule has 100 valence electrons. The van der Waals surface area contributed by atoms with Gasteiger partial charge in [0.2, 0.25) is 0 Å². The maximum Gasteiger partial charge on any atom is 0.0931 e. The van der Waals surface area contributed by atoms with Crippen LogP contribution in [0.1, 0.15) is 49.9 Å². The molecule has 1 aromatic rings. The molecule has 2 aliphatic carbocycles. The molecule has 4 atom stereocenters. The van der Waals surface area contributed by atoms with Crippen LogP contribution in [0.25, 0.3) is 0 Å². The van der Waals surface area contributed by atoms with Gasteiger partial charge in [-0.05, 0) is 62.1 Å². The highest BCUT2D eigenvalue weighted by molar-refractivity contribution is 7.16. The molecule has 0 radical (unpaired) electrons. The zero-order valence-corrected chi connectivity index (χ0v) is 12.6. The fourth-order valence-corrected chi connectivity index (χ4v) is 5.18. The second-order valence-corrected chi connectivity index (χ2v) is 7.67. The summed E-state index contributed by atoms with van der Waals surface area (Å²) in [7, 11) is 0. The SMILES string of the molecule is CCNC(CC1CC2CCC1C2)c1ccc(Cl)s1. The number of rotatable bonds is 5. The first-order chi connectivity index (χ1) is 8.76. The van der Waals surface area contributed by atoms with Gasteiger partial charge in [-0.3, -0.25) is 0 Å². The summed E-state index contributed by atoms with van der Waals surface area (Å²) in [5.74, 6) is 3.02. The molecular formula is C15H22ClNS. The lowest BCUT2D eigenvalue weighted by molar-refractivity contribution is 0.282. The Hall–Kier alpha value is -0.0500. The molecule has 1 heterocycles. The number of hydrogen-bond donors (Lipinski definition) is 1. The molecule has 1 N–H and O–H groups in total. The summed E-state index contributed by atoms with van der Waals surface area (Å²) in [5.41, 5.74) is 0. The van der Waals surface area contributed by atoms with Crippen molar-refractivity contribution >= 4 is 22.9 Å². The molecule has 3 heteroatoms. The number of hydrogen-bond acceptors (Lipinski definition) is 2. The van der Waals surface area contributed by atoms with Crippen LogP contribution in [0.3, 0.4) is 0 Å². The van der Waals surface area contributed by atoms with E-state index >= 15 is 0 Å². The summed E-state index contributed by atoms with van der Waals surface area (Å²) in [6.45, 7) is 3.24. The van der Waals surface area contributed by atoms with E-state index in [1.807, 2.05) is 6.07 Å². The largest absolute Gasteiger partial charge is 0.310 e. The van der Waals surface area contributed by atoms with Crippen LogP contribution in [-0.2, 0) is 0 Å². The second kappa shape index (κ2) is 5.52. The molecule has 3 rings (SSSR count). The molecule has 2 saturated carbocycles. The molecule has 18 heavy (non-hydrogen) atoms. The van der Waals surface area contributed by atoms with Gasteiger partial charge in [-0.2, -0.15) is 0 Å². The Bertz CT molecular complexity index is 403. The molecule has 0 saturated heterocycles. The minimum absolute atomic E-state index is 0.525. The molecule has 1 nitrogen and oxygen atoms in total. The Morgan fingerprint density at radius 1 is 1.39 bits per heavy atom. The Balaban J connectivity index is 1.67. The van der Waals surface area contributed by atoms with Crippen molar-refractivity contribution in [1.82, 2.24) is 5.32 Å². The van der Waals surface area contributed by atoms with Crippen molar-refractivity contribution in [2.75, 3.05) is 6.54 Å². The first-order valence-electron chi connectivity index (χ1n) is 7.25. The summed E-state index contributed by atoms with van der Waals surface area (Å²) < 4.78 is 0.917. The maximum absolute atomic E-state index is 6.08. The Morgan fingerprint density at radius 3 is 2.83 bits per heavy atom. The van der Waals surface area contributed by atoms with Crippen molar-refractivity contribution in [1.29, 1.82) is 0 Å². The molecule has 0 spiro atoms. The molecular weight excluding hydrogens is 262 g/mol. The van der Waals surface area contributed by atoms with Crippen LogP contribution in [0.4, 0.5) is 0 Å². The summed E-state index contributed by atoms with van der Waals surface area (Å²) in [6.07, 6.45) is 7.28. The van der Waals surface area contributed by atoms with Gasteiger partial charge in [-0.15, -0.1) is 11.3 Å². The molecule has 4 unspecified atom stereocenters. The number of fused-ring (bicyclic) bond motifs is 2. The second-order valence-electron chi connectivity index (χ2n) is 5.92. The van der Waals surface area contributed by atoms with E-state index in [0.717, 1.165) is 28.6 Å². The van der Waals surface area contributed by atoms with Crippen molar-refractivity contribution in [3.8, 4) is 0 Å². The summed E-state index contributed by atoms with van der Waals surface area (Å²) in [4.78, 5) is 1.42. The third kappa shape index (κ3) is 2.61. The highest BCUT2D eigenvalue weighted by Crippen LogP contribution is 2.51. The highest BCUT2D eigenvalue weighted by Gasteiger charge is 2.40. The van der Waals surface area contributed by atoms with Gasteiger partial charge < -0.3 is 5.32 Å². The number of thiophene rings is 1. The third-order valence-corrected chi connectivity index (χ3v) is 6.16. The molecule has 2 fully saturated rings. The summed E-state index contributed by atoms with van der Waals surface area (Å²) >= 11 is 7.82. The lowest BCUT2D eigenvalue weighted by Crippen LogP contribution is -2.24. The zero-order valence-electron chi connectivity index (χ0n) is 11.0.